The molecule has 0 spiro atoms. The fourth-order valence-corrected chi connectivity index (χ4v) is 2.17. The van der Waals surface area contributed by atoms with Gasteiger partial charge in [0.1, 0.15) is 18.5 Å². The number of rotatable bonds is 2. The number of nitrogens with zero attached hydrogens (tertiary/aromatic N) is 1. The molecule has 5 nitrogen and oxygen atoms in total. The number of para-hydroxylation sites is 1. The normalized spacial score (nSPS) is 20.6. The van der Waals surface area contributed by atoms with E-state index in [0.717, 1.165) is 16.7 Å². The number of benzene rings is 1. The predicted octanol–water partition coefficient (Wildman–Crippen LogP) is 1.12. The molecule has 2 aromatic rings. The van der Waals surface area contributed by atoms with Crippen molar-refractivity contribution in [3.8, 4) is 0 Å². The summed E-state index contributed by atoms with van der Waals surface area (Å²) < 4.78 is 10.8. The van der Waals surface area contributed by atoms with Crippen LogP contribution in [-0.2, 0) is 9.53 Å². The summed E-state index contributed by atoms with van der Waals surface area (Å²) in [4.78, 5) is 13.6. The van der Waals surface area contributed by atoms with E-state index < -0.39 is 0 Å². The summed E-state index contributed by atoms with van der Waals surface area (Å²) in [5.41, 5.74) is 7.15. The largest absolute Gasteiger partial charge is 0.462 e. The smallest absolute Gasteiger partial charge is 0.253 e. The molecule has 1 saturated heterocycles. The number of morpholine rings is 1. The topological polar surface area (TPSA) is 68.7 Å². The zero-order chi connectivity index (χ0) is 12.5. The fraction of sp³-hybridized carbons (Fsp3) is 0.308. The van der Waals surface area contributed by atoms with Crippen LogP contribution in [0.4, 0.5) is 5.69 Å². The van der Waals surface area contributed by atoms with Gasteiger partial charge in [0.2, 0.25) is 0 Å². The summed E-state index contributed by atoms with van der Waals surface area (Å²) >= 11 is 0. The van der Waals surface area contributed by atoms with Crippen molar-refractivity contribution in [2.45, 2.75) is 6.10 Å². The van der Waals surface area contributed by atoms with Crippen molar-refractivity contribution < 1.29 is 13.9 Å². The lowest BCUT2D eigenvalue weighted by atomic mass is 10.2. The number of ether oxygens (including phenoxy) is 1. The lowest BCUT2D eigenvalue weighted by Gasteiger charge is -2.31. The summed E-state index contributed by atoms with van der Waals surface area (Å²) in [5, 5.41) is 0.934. The summed E-state index contributed by atoms with van der Waals surface area (Å²) in [7, 11) is 0. The van der Waals surface area contributed by atoms with Crippen molar-refractivity contribution in [1.29, 1.82) is 0 Å². The van der Waals surface area contributed by atoms with Gasteiger partial charge in [0, 0.05) is 11.9 Å². The first-order valence-corrected chi connectivity index (χ1v) is 5.88. The van der Waals surface area contributed by atoms with Crippen molar-refractivity contribution in [1.82, 2.24) is 0 Å². The van der Waals surface area contributed by atoms with Gasteiger partial charge < -0.3 is 19.8 Å². The van der Waals surface area contributed by atoms with Crippen molar-refractivity contribution in [2.24, 2.45) is 5.73 Å². The molecule has 1 aliphatic rings. The van der Waals surface area contributed by atoms with Crippen LogP contribution in [0, 0.1) is 0 Å². The number of hydrogen-bond acceptors (Lipinski definition) is 4. The van der Waals surface area contributed by atoms with Crippen LogP contribution in [0.25, 0.3) is 11.0 Å². The minimum Gasteiger partial charge on any atom is -0.462 e. The predicted molar refractivity (Wildman–Crippen MR) is 67.4 cm³/mol. The third-order valence-electron chi connectivity index (χ3n) is 3.14. The van der Waals surface area contributed by atoms with Crippen LogP contribution in [0.5, 0.6) is 0 Å². The average Bonchev–Trinajstić information content (AvgIpc) is 2.83. The third-order valence-corrected chi connectivity index (χ3v) is 3.14. The van der Waals surface area contributed by atoms with Gasteiger partial charge in [0.05, 0.1) is 18.3 Å². The van der Waals surface area contributed by atoms with Crippen molar-refractivity contribution in [3.05, 3.63) is 30.5 Å². The Morgan fingerprint density at radius 3 is 3.06 bits per heavy atom. The number of amides is 1. The monoisotopic (exact) mass is 246 g/mol. The van der Waals surface area contributed by atoms with Crippen LogP contribution >= 0.6 is 0 Å². The molecule has 0 aliphatic carbocycles. The van der Waals surface area contributed by atoms with E-state index in [0.29, 0.717) is 13.1 Å². The second kappa shape index (κ2) is 4.44. The number of fused-ring (bicyclic) bond motifs is 1. The first-order valence-electron chi connectivity index (χ1n) is 5.88. The van der Waals surface area contributed by atoms with Gasteiger partial charge >= 0.3 is 0 Å². The molecule has 2 heterocycles. The van der Waals surface area contributed by atoms with Gasteiger partial charge in [-0.3, -0.25) is 4.79 Å². The van der Waals surface area contributed by atoms with Crippen LogP contribution in [-0.4, -0.2) is 31.7 Å². The summed E-state index contributed by atoms with van der Waals surface area (Å²) in [6.07, 6.45) is 1.50. The van der Waals surface area contributed by atoms with Gasteiger partial charge in [-0.05, 0) is 12.1 Å². The van der Waals surface area contributed by atoms with Gasteiger partial charge in [-0.2, -0.15) is 0 Å². The fourth-order valence-electron chi connectivity index (χ4n) is 2.17. The van der Waals surface area contributed by atoms with Gasteiger partial charge in [-0.25, -0.2) is 0 Å². The Balaban J connectivity index is 2.00. The minimum absolute atomic E-state index is 0.0637. The van der Waals surface area contributed by atoms with Crippen LogP contribution in [0.2, 0.25) is 0 Å². The zero-order valence-electron chi connectivity index (χ0n) is 9.83. The Hall–Kier alpha value is -1.85. The van der Waals surface area contributed by atoms with Gasteiger partial charge in [0.15, 0.2) is 0 Å². The maximum Gasteiger partial charge on any atom is 0.253 e. The number of nitrogens with two attached hydrogens (primary N) is 1. The minimum atomic E-state index is -0.114. The molecular weight excluding hydrogens is 232 g/mol. The molecule has 18 heavy (non-hydrogen) atoms. The Labute approximate surface area is 104 Å². The summed E-state index contributed by atoms with van der Waals surface area (Å²) in [6, 6.07) is 7.64. The molecule has 3 rings (SSSR count). The number of hydrogen-bond donors (Lipinski definition) is 1. The van der Waals surface area contributed by atoms with Crippen molar-refractivity contribution in [2.75, 3.05) is 24.6 Å². The lowest BCUT2D eigenvalue weighted by molar-refractivity contribution is -0.128. The quantitative estimate of drug-likeness (QED) is 0.862. The average molecular weight is 246 g/mol. The first-order chi connectivity index (χ1) is 8.79. The molecule has 1 aromatic carbocycles. The van der Waals surface area contributed by atoms with Crippen molar-refractivity contribution in [3.63, 3.8) is 0 Å². The van der Waals surface area contributed by atoms with Crippen LogP contribution < -0.4 is 10.6 Å². The summed E-state index contributed by atoms with van der Waals surface area (Å²) in [6.45, 7) is 0.944. The molecule has 94 valence electrons. The van der Waals surface area contributed by atoms with E-state index in [1.54, 1.807) is 11.2 Å². The van der Waals surface area contributed by atoms with Crippen molar-refractivity contribution >= 4 is 22.6 Å². The highest BCUT2D eigenvalue weighted by atomic mass is 16.5. The molecule has 1 unspecified atom stereocenters. The number of carbonyl (C=O) groups excluding carboxylic acids is 1. The third kappa shape index (κ3) is 1.77. The van der Waals surface area contributed by atoms with Crippen LogP contribution in [0.3, 0.4) is 0 Å². The Morgan fingerprint density at radius 1 is 1.39 bits per heavy atom. The van der Waals surface area contributed by atoms with E-state index in [1.165, 1.54) is 0 Å². The number of carbonyl (C=O) groups is 1. The highest BCUT2D eigenvalue weighted by Crippen LogP contribution is 2.30. The second-order valence-electron chi connectivity index (χ2n) is 4.29. The van der Waals surface area contributed by atoms with Gasteiger partial charge in [0.25, 0.3) is 5.91 Å². The maximum absolute atomic E-state index is 11.9. The van der Waals surface area contributed by atoms with Crippen LogP contribution in [0.15, 0.2) is 34.9 Å². The molecule has 1 fully saturated rings. The van der Waals surface area contributed by atoms with Crippen LogP contribution in [0.1, 0.15) is 0 Å². The Bertz CT molecular complexity index is 578. The standard InChI is InChI=1S/C13H14N2O3/c14-5-9-6-15(13(16)8-17-9)11-7-18-12-4-2-1-3-10(11)12/h1-4,7,9H,5-6,8,14H2. The SMILES string of the molecule is NCC1CN(c2coc3ccccc23)C(=O)CO1. The number of anilines is 1. The molecule has 0 saturated carbocycles. The molecule has 2 N–H and O–H groups in total. The molecule has 1 amide bonds. The first kappa shape index (κ1) is 11.3. The molecule has 1 aromatic heterocycles. The molecular formula is C13H14N2O3. The molecule has 0 radical (unpaired) electrons. The molecule has 1 atom stereocenters. The Morgan fingerprint density at radius 2 is 2.22 bits per heavy atom. The van der Waals surface area contributed by atoms with E-state index in [2.05, 4.69) is 0 Å². The maximum atomic E-state index is 11.9. The summed E-state index contributed by atoms with van der Waals surface area (Å²) in [5.74, 6) is -0.0637. The van der Waals surface area contributed by atoms with E-state index in [4.69, 9.17) is 14.9 Å². The molecule has 5 heteroatoms. The van der Waals surface area contributed by atoms with E-state index in [-0.39, 0.29) is 18.6 Å². The van der Waals surface area contributed by atoms with E-state index in [9.17, 15) is 4.79 Å². The van der Waals surface area contributed by atoms with E-state index in [1.807, 2.05) is 24.3 Å². The molecule has 1 aliphatic heterocycles. The van der Waals surface area contributed by atoms with E-state index >= 15 is 0 Å². The second-order valence-corrected chi connectivity index (χ2v) is 4.29. The van der Waals surface area contributed by atoms with Gasteiger partial charge in [-0.1, -0.05) is 12.1 Å². The zero-order valence-corrected chi connectivity index (χ0v) is 9.83. The highest BCUT2D eigenvalue weighted by Gasteiger charge is 2.28. The highest BCUT2D eigenvalue weighted by molar-refractivity contribution is 6.03. The van der Waals surface area contributed by atoms with Gasteiger partial charge in [-0.15, -0.1) is 0 Å². The number of furan rings is 1. The lowest BCUT2D eigenvalue weighted by Crippen LogP contribution is -2.49. The molecule has 0 bridgehead atoms. The Kier molecular flexibility index (Phi) is 2.77.